The molecule has 2 rings (SSSR count). The van der Waals surface area contributed by atoms with Crippen LogP contribution < -0.4 is 10.1 Å². The maximum Gasteiger partial charge on any atom is 0.192 e. The number of rotatable bonds is 9. The fraction of sp³-hybridized carbons (Fsp3) is 0.500. The van der Waals surface area contributed by atoms with Crippen molar-refractivity contribution >= 4 is 14.0 Å². The third-order valence-corrected chi connectivity index (χ3v) is 9.88. The van der Waals surface area contributed by atoms with Crippen molar-refractivity contribution in [3.8, 4) is 5.75 Å². The maximum atomic E-state index is 6.42. The van der Waals surface area contributed by atoms with Gasteiger partial charge < -0.3 is 14.5 Å². The van der Waals surface area contributed by atoms with Gasteiger partial charge in [0.05, 0.1) is 13.2 Å². The summed E-state index contributed by atoms with van der Waals surface area (Å²) in [6, 6.07) is 16.8. The zero-order valence-corrected chi connectivity index (χ0v) is 19.6. The zero-order chi connectivity index (χ0) is 20.8. The quantitative estimate of drug-likeness (QED) is 0.467. The van der Waals surface area contributed by atoms with Crippen LogP contribution in [-0.2, 0) is 17.6 Å². The lowest BCUT2D eigenvalue weighted by atomic mass is 10.1. The van der Waals surface area contributed by atoms with Gasteiger partial charge in [0, 0.05) is 12.2 Å². The predicted octanol–water partition coefficient (Wildman–Crippen LogP) is 6.86. The van der Waals surface area contributed by atoms with Gasteiger partial charge in [-0.05, 0) is 53.4 Å². The highest BCUT2D eigenvalue weighted by Crippen LogP contribution is 2.37. The first-order valence-corrected chi connectivity index (χ1v) is 13.2. The van der Waals surface area contributed by atoms with Crippen LogP contribution in [0.4, 0.5) is 5.69 Å². The summed E-state index contributed by atoms with van der Waals surface area (Å²) in [6.45, 7) is 17.9. The van der Waals surface area contributed by atoms with E-state index in [0.717, 1.165) is 24.6 Å². The Hall–Kier alpha value is -1.78. The normalized spacial score (nSPS) is 12.3. The highest BCUT2D eigenvalue weighted by atomic mass is 28.4. The molecule has 0 saturated carbocycles. The molecule has 0 radical (unpaired) electrons. The summed E-state index contributed by atoms with van der Waals surface area (Å²) < 4.78 is 12.2. The minimum Gasteiger partial charge on any atom is -0.493 e. The van der Waals surface area contributed by atoms with Gasteiger partial charge in [-0.1, -0.05) is 65.0 Å². The topological polar surface area (TPSA) is 30.5 Å². The first-order chi connectivity index (χ1) is 13.1. The highest BCUT2D eigenvalue weighted by Gasteiger charge is 2.37. The molecular formula is C24H37NO2Si. The van der Waals surface area contributed by atoms with Crippen molar-refractivity contribution in [2.24, 2.45) is 5.92 Å². The average molecular weight is 400 g/mol. The number of hydrogen-bond acceptors (Lipinski definition) is 3. The standard InChI is InChI=1S/C24H37NO2Si/c1-19(2)17-26-22-14-12-20(13-15-22)16-25-23-11-9-8-10-21(23)18-27-28(6,7)24(3,4)5/h8-15,19,25H,16-18H2,1-7H3. The van der Waals surface area contributed by atoms with Crippen LogP contribution in [0.3, 0.4) is 0 Å². The van der Waals surface area contributed by atoms with Crippen molar-refractivity contribution in [3.63, 3.8) is 0 Å². The molecule has 0 aliphatic rings. The fourth-order valence-electron chi connectivity index (χ4n) is 2.46. The highest BCUT2D eigenvalue weighted by molar-refractivity contribution is 6.74. The van der Waals surface area contributed by atoms with Crippen LogP contribution in [0.2, 0.25) is 18.1 Å². The number of nitrogens with one attached hydrogen (secondary N) is 1. The van der Waals surface area contributed by atoms with E-state index in [9.17, 15) is 0 Å². The molecule has 0 unspecified atom stereocenters. The van der Waals surface area contributed by atoms with Crippen molar-refractivity contribution in [3.05, 3.63) is 59.7 Å². The monoisotopic (exact) mass is 399 g/mol. The van der Waals surface area contributed by atoms with Crippen molar-refractivity contribution in [1.82, 2.24) is 0 Å². The van der Waals surface area contributed by atoms with Crippen LogP contribution in [0.1, 0.15) is 45.7 Å². The van der Waals surface area contributed by atoms with Gasteiger partial charge in [-0.2, -0.15) is 0 Å². The Bertz CT molecular complexity index is 733. The second-order valence-electron chi connectivity index (χ2n) is 9.41. The van der Waals surface area contributed by atoms with Crippen LogP contribution in [0, 0.1) is 5.92 Å². The average Bonchev–Trinajstić information content (AvgIpc) is 2.63. The molecule has 1 N–H and O–H groups in total. The Balaban J connectivity index is 1.96. The van der Waals surface area contributed by atoms with Gasteiger partial charge in [-0.25, -0.2) is 0 Å². The van der Waals surface area contributed by atoms with Gasteiger partial charge >= 0.3 is 0 Å². The van der Waals surface area contributed by atoms with Crippen molar-refractivity contribution in [2.45, 2.75) is 65.9 Å². The molecule has 0 amide bonds. The molecule has 28 heavy (non-hydrogen) atoms. The van der Waals surface area contributed by atoms with E-state index >= 15 is 0 Å². The summed E-state index contributed by atoms with van der Waals surface area (Å²) in [5.41, 5.74) is 3.59. The van der Waals surface area contributed by atoms with Gasteiger partial charge in [-0.15, -0.1) is 0 Å². The van der Waals surface area contributed by atoms with Crippen LogP contribution in [0.25, 0.3) is 0 Å². The Morgan fingerprint density at radius 2 is 1.61 bits per heavy atom. The lowest BCUT2D eigenvalue weighted by Crippen LogP contribution is -2.40. The van der Waals surface area contributed by atoms with E-state index in [0.29, 0.717) is 12.5 Å². The van der Waals surface area contributed by atoms with Crippen LogP contribution in [0.5, 0.6) is 5.75 Å². The van der Waals surface area contributed by atoms with E-state index in [2.05, 4.69) is 89.4 Å². The first-order valence-electron chi connectivity index (χ1n) is 10.3. The summed E-state index contributed by atoms with van der Waals surface area (Å²) >= 11 is 0. The van der Waals surface area contributed by atoms with Crippen molar-refractivity contribution < 1.29 is 9.16 Å². The molecule has 4 heteroatoms. The SMILES string of the molecule is CC(C)COc1ccc(CNc2ccccc2CO[Si](C)(C)C(C)(C)C)cc1. The molecule has 2 aromatic carbocycles. The smallest absolute Gasteiger partial charge is 0.192 e. The van der Waals surface area contributed by atoms with Gasteiger partial charge in [0.15, 0.2) is 8.32 Å². The Kier molecular flexibility index (Phi) is 7.73. The molecule has 0 saturated heterocycles. The number of ether oxygens (including phenoxy) is 1. The summed E-state index contributed by atoms with van der Waals surface area (Å²) in [5.74, 6) is 1.46. The van der Waals surface area contributed by atoms with E-state index in [1.165, 1.54) is 11.1 Å². The third-order valence-electron chi connectivity index (χ3n) is 5.40. The van der Waals surface area contributed by atoms with E-state index in [4.69, 9.17) is 9.16 Å². The first kappa shape index (κ1) is 22.5. The van der Waals surface area contributed by atoms with E-state index in [1.807, 2.05) is 12.1 Å². The molecule has 3 nitrogen and oxygen atoms in total. The van der Waals surface area contributed by atoms with E-state index in [1.54, 1.807) is 0 Å². The van der Waals surface area contributed by atoms with Crippen LogP contribution in [0.15, 0.2) is 48.5 Å². The molecule has 0 bridgehead atoms. The minimum absolute atomic E-state index is 0.217. The summed E-state index contributed by atoms with van der Waals surface area (Å²) in [7, 11) is -1.76. The van der Waals surface area contributed by atoms with Crippen molar-refractivity contribution in [2.75, 3.05) is 11.9 Å². The summed E-state index contributed by atoms with van der Waals surface area (Å²) in [4.78, 5) is 0. The van der Waals surface area contributed by atoms with Gasteiger partial charge in [0.2, 0.25) is 0 Å². The number of para-hydroxylation sites is 1. The molecule has 0 atom stereocenters. The van der Waals surface area contributed by atoms with Gasteiger partial charge in [-0.3, -0.25) is 0 Å². The van der Waals surface area contributed by atoms with Crippen LogP contribution >= 0.6 is 0 Å². The minimum atomic E-state index is -1.76. The fourth-order valence-corrected chi connectivity index (χ4v) is 3.41. The molecule has 0 aliphatic carbocycles. The molecule has 0 fully saturated rings. The Morgan fingerprint density at radius 3 is 2.21 bits per heavy atom. The van der Waals surface area contributed by atoms with Crippen molar-refractivity contribution in [1.29, 1.82) is 0 Å². The zero-order valence-electron chi connectivity index (χ0n) is 18.6. The lowest BCUT2D eigenvalue weighted by molar-refractivity contribution is 0.271. The molecule has 154 valence electrons. The van der Waals surface area contributed by atoms with E-state index < -0.39 is 8.32 Å². The predicted molar refractivity (Wildman–Crippen MR) is 123 cm³/mol. The number of benzene rings is 2. The van der Waals surface area contributed by atoms with Gasteiger partial charge in [0.1, 0.15) is 5.75 Å². The Labute approximate surface area is 172 Å². The molecule has 0 spiro atoms. The maximum absolute atomic E-state index is 6.42. The molecule has 0 aliphatic heterocycles. The number of hydrogen-bond donors (Lipinski definition) is 1. The third kappa shape index (κ3) is 6.68. The van der Waals surface area contributed by atoms with E-state index in [-0.39, 0.29) is 5.04 Å². The lowest BCUT2D eigenvalue weighted by Gasteiger charge is -2.36. The molecular weight excluding hydrogens is 362 g/mol. The second-order valence-corrected chi connectivity index (χ2v) is 14.2. The molecule has 0 heterocycles. The van der Waals surface area contributed by atoms with Gasteiger partial charge in [0.25, 0.3) is 0 Å². The number of anilines is 1. The molecule has 0 aromatic heterocycles. The second kappa shape index (κ2) is 9.62. The summed E-state index contributed by atoms with van der Waals surface area (Å²) in [5, 5.41) is 3.79. The van der Waals surface area contributed by atoms with Crippen LogP contribution in [-0.4, -0.2) is 14.9 Å². The molecule has 2 aromatic rings. The largest absolute Gasteiger partial charge is 0.493 e. The Morgan fingerprint density at radius 1 is 0.964 bits per heavy atom. The summed E-state index contributed by atoms with van der Waals surface area (Å²) in [6.07, 6.45) is 0.